The molecule has 0 radical (unpaired) electrons. The van der Waals surface area contributed by atoms with Gasteiger partial charge in [-0.25, -0.2) is 0 Å². The lowest BCUT2D eigenvalue weighted by molar-refractivity contribution is -0.147. The molecule has 0 spiro atoms. The fourth-order valence-electron chi connectivity index (χ4n) is 3.94. The average Bonchev–Trinajstić information content (AvgIpc) is 2.66. The van der Waals surface area contributed by atoms with Crippen molar-refractivity contribution < 1.29 is 9.53 Å². The van der Waals surface area contributed by atoms with E-state index in [2.05, 4.69) is 53.6 Å². The van der Waals surface area contributed by atoms with Crippen LogP contribution in [0.4, 0.5) is 0 Å². The molecule has 2 aliphatic rings. The molecule has 2 heterocycles. The van der Waals surface area contributed by atoms with E-state index in [1.54, 1.807) is 7.11 Å². The van der Waals surface area contributed by atoms with Gasteiger partial charge in [-0.3, -0.25) is 9.69 Å². The highest BCUT2D eigenvalue weighted by Gasteiger charge is 2.40. The molecule has 2 N–H and O–H groups in total. The topological polar surface area (TPSA) is 53.6 Å². The maximum atomic E-state index is 12.8. The summed E-state index contributed by atoms with van der Waals surface area (Å²) < 4.78 is 5.63. The number of hydrogen-bond donors (Lipinski definition) is 2. The normalized spacial score (nSPS) is 20.8. The molecular formula is C20H31N3O2. The van der Waals surface area contributed by atoms with E-state index in [0.29, 0.717) is 6.54 Å². The Morgan fingerprint density at radius 3 is 2.64 bits per heavy atom. The van der Waals surface area contributed by atoms with Crippen molar-refractivity contribution in [1.29, 1.82) is 0 Å². The molecule has 1 aromatic carbocycles. The van der Waals surface area contributed by atoms with Crippen LogP contribution in [-0.2, 0) is 22.5 Å². The van der Waals surface area contributed by atoms with Gasteiger partial charge in [0, 0.05) is 32.3 Å². The van der Waals surface area contributed by atoms with Crippen LogP contribution in [-0.4, -0.2) is 55.2 Å². The Bertz CT molecular complexity index is 609. The lowest BCUT2D eigenvalue weighted by Crippen LogP contribution is -2.58. The highest BCUT2D eigenvalue weighted by atomic mass is 16.5. The second-order valence-electron chi connectivity index (χ2n) is 7.88. The molecule has 5 heteroatoms. The van der Waals surface area contributed by atoms with E-state index in [9.17, 15) is 4.79 Å². The van der Waals surface area contributed by atoms with E-state index in [-0.39, 0.29) is 11.4 Å². The SMILES string of the molecule is COC1(C(=O)NCC(C)(C)N2CCc3ccccc3C2)CCNCC1. The molecule has 0 bridgehead atoms. The number of methoxy groups -OCH3 is 1. The summed E-state index contributed by atoms with van der Waals surface area (Å²) in [6, 6.07) is 8.66. The van der Waals surface area contributed by atoms with Gasteiger partial charge in [0.25, 0.3) is 5.91 Å². The van der Waals surface area contributed by atoms with Crippen LogP contribution >= 0.6 is 0 Å². The predicted octanol–water partition coefficient (Wildman–Crippen LogP) is 1.71. The molecule has 0 aromatic heterocycles. The third kappa shape index (κ3) is 3.89. The number of fused-ring (bicyclic) bond motifs is 1. The Labute approximate surface area is 151 Å². The summed E-state index contributed by atoms with van der Waals surface area (Å²) in [5.74, 6) is 0.0296. The van der Waals surface area contributed by atoms with Crippen molar-refractivity contribution in [1.82, 2.24) is 15.5 Å². The van der Waals surface area contributed by atoms with Gasteiger partial charge in [-0.2, -0.15) is 0 Å². The highest BCUT2D eigenvalue weighted by molar-refractivity contribution is 5.85. The molecule has 0 atom stereocenters. The molecule has 25 heavy (non-hydrogen) atoms. The van der Waals surface area contributed by atoms with Crippen LogP contribution in [0.1, 0.15) is 37.8 Å². The standard InChI is InChI=1S/C20H31N3O2/c1-19(2,23-13-8-16-6-4-5-7-17(16)14-23)15-22-18(24)20(25-3)9-11-21-12-10-20/h4-7,21H,8-15H2,1-3H3,(H,22,24). The van der Waals surface area contributed by atoms with Crippen LogP contribution in [0.5, 0.6) is 0 Å². The van der Waals surface area contributed by atoms with Gasteiger partial charge in [0.05, 0.1) is 0 Å². The fourth-order valence-corrected chi connectivity index (χ4v) is 3.94. The molecule has 2 aliphatic heterocycles. The van der Waals surface area contributed by atoms with E-state index in [4.69, 9.17) is 4.74 Å². The summed E-state index contributed by atoms with van der Waals surface area (Å²) in [5.41, 5.74) is 2.09. The number of benzene rings is 1. The van der Waals surface area contributed by atoms with E-state index in [1.807, 2.05) is 0 Å². The smallest absolute Gasteiger partial charge is 0.252 e. The zero-order chi connectivity index (χ0) is 17.9. The van der Waals surface area contributed by atoms with E-state index < -0.39 is 5.60 Å². The van der Waals surface area contributed by atoms with E-state index >= 15 is 0 Å². The third-order valence-corrected chi connectivity index (χ3v) is 5.88. The number of amides is 1. The number of nitrogens with zero attached hydrogens (tertiary/aromatic N) is 1. The number of ether oxygens (including phenoxy) is 1. The van der Waals surface area contributed by atoms with Gasteiger partial charge < -0.3 is 15.4 Å². The van der Waals surface area contributed by atoms with Crippen molar-refractivity contribution in [2.45, 2.75) is 50.8 Å². The lowest BCUT2D eigenvalue weighted by Gasteiger charge is -2.42. The number of piperidine rings is 1. The molecule has 1 amide bonds. The number of rotatable bonds is 5. The molecule has 138 valence electrons. The molecule has 1 fully saturated rings. The Balaban J connectivity index is 1.61. The van der Waals surface area contributed by atoms with Gasteiger partial charge in [0.1, 0.15) is 5.60 Å². The molecule has 0 unspecified atom stereocenters. The van der Waals surface area contributed by atoms with Crippen LogP contribution in [0.25, 0.3) is 0 Å². The van der Waals surface area contributed by atoms with Gasteiger partial charge in [-0.05, 0) is 57.3 Å². The number of carbonyl (C=O) groups is 1. The van der Waals surface area contributed by atoms with E-state index in [1.165, 1.54) is 11.1 Å². The molecule has 1 aromatic rings. The first-order valence-electron chi connectivity index (χ1n) is 9.33. The first-order chi connectivity index (χ1) is 12.0. The van der Waals surface area contributed by atoms with Crippen LogP contribution in [0.15, 0.2) is 24.3 Å². The van der Waals surface area contributed by atoms with Crippen LogP contribution in [0.2, 0.25) is 0 Å². The number of nitrogens with one attached hydrogen (secondary N) is 2. The second kappa shape index (κ2) is 7.44. The molecule has 5 nitrogen and oxygen atoms in total. The summed E-state index contributed by atoms with van der Waals surface area (Å²) in [7, 11) is 1.65. The van der Waals surface area contributed by atoms with Crippen molar-refractivity contribution in [2.75, 3.05) is 33.3 Å². The van der Waals surface area contributed by atoms with E-state index in [0.717, 1.165) is 45.4 Å². The Kier molecular flexibility index (Phi) is 5.46. The summed E-state index contributed by atoms with van der Waals surface area (Å²) >= 11 is 0. The first-order valence-corrected chi connectivity index (χ1v) is 9.33. The van der Waals surface area contributed by atoms with Gasteiger partial charge in [-0.1, -0.05) is 24.3 Å². The van der Waals surface area contributed by atoms with Gasteiger partial charge in [0.15, 0.2) is 0 Å². The van der Waals surface area contributed by atoms with Crippen molar-refractivity contribution in [3.63, 3.8) is 0 Å². The summed E-state index contributed by atoms with van der Waals surface area (Å²) in [5, 5.41) is 6.47. The van der Waals surface area contributed by atoms with Crippen LogP contribution in [0, 0.1) is 0 Å². The fraction of sp³-hybridized carbons (Fsp3) is 0.650. The van der Waals surface area contributed by atoms with Crippen molar-refractivity contribution in [2.24, 2.45) is 0 Å². The quantitative estimate of drug-likeness (QED) is 0.853. The minimum atomic E-state index is -0.671. The minimum Gasteiger partial charge on any atom is -0.368 e. The molecule has 1 saturated heterocycles. The Morgan fingerprint density at radius 2 is 1.96 bits per heavy atom. The first kappa shape index (κ1) is 18.4. The number of carbonyl (C=O) groups excluding carboxylic acids is 1. The summed E-state index contributed by atoms with van der Waals surface area (Å²) in [4.78, 5) is 15.3. The molecular weight excluding hydrogens is 314 g/mol. The Morgan fingerprint density at radius 1 is 1.28 bits per heavy atom. The zero-order valence-corrected chi connectivity index (χ0v) is 15.7. The van der Waals surface area contributed by atoms with Gasteiger partial charge >= 0.3 is 0 Å². The maximum Gasteiger partial charge on any atom is 0.252 e. The van der Waals surface area contributed by atoms with Gasteiger partial charge in [0.2, 0.25) is 0 Å². The zero-order valence-electron chi connectivity index (χ0n) is 15.7. The van der Waals surface area contributed by atoms with Crippen molar-refractivity contribution in [3.05, 3.63) is 35.4 Å². The molecule has 3 rings (SSSR count). The molecule has 0 aliphatic carbocycles. The number of hydrogen-bond acceptors (Lipinski definition) is 4. The second-order valence-corrected chi connectivity index (χ2v) is 7.88. The highest BCUT2D eigenvalue weighted by Crippen LogP contribution is 2.26. The minimum absolute atomic E-state index is 0.0296. The van der Waals surface area contributed by atoms with Gasteiger partial charge in [-0.15, -0.1) is 0 Å². The third-order valence-electron chi connectivity index (χ3n) is 5.88. The predicted molar refractivity (Wildman–Crippen MR) is 99.5 cm³/mol. The largest absolute Gasteiger partial charge is 0.368 e. The molecule has 0 saturated carbocycles. The monoisotopic (exact) mass is 345 g/mol. The Hall–Kier alpha value is -1.43. The van der Waals surface area contributed by atoms with Crippen LogP contribution in [0.3, 0.4) is 0 Å². The maximum absolute atomic E-state index is 12.8. The lowest BCUT2D eigenvalue weighted by atomic mass is 9.90. The average molecular weight is 345 g/mol. The van der Waals surface area contributed by atoms with Crippen molar-refractivity contribution in [3.8, 4) is 0 Å². The summed E-state index contributed by atoms with van der Waals surface area (Å²) in [6.07, 6.45) is 2.53. The van der Waals surface area contributed by atoms with Crippen molar-refractivity contribution >= 4 is 5.91 Å². The van der Waals surface area contributed by atoms with Crippen LogP contribution < -0.4 is 10.6 Å². The summed E-state index contributed by atoms with van der Waals surface area (Å²) in [6.45, 7) is 8.68.